The number of carbonyl (C=O) groups is 1. The highest BCUT2D eigenvalue weighted by molar-refractivity contribution is 5.90. The van der Waals surface area contributed by atoms with E-state index < -0.39 is 5.91 Å². The van der Waals surface area contributed by atoms with Gasteiger partial charge >= 0.3 is 0 Å². The van der Waals surface area contributed by atoms with Crippen molar-refractivity contribution in [2.75, 3.05) is 0 Å². The van der Waals surface area contributed by atoms with Gasteiger partial charge < -0.3 is 10.2 Å². The average Bonchev–Trinajstić information content (AvgIpc) is 2.68. The number of pyridine rings is 1. The van der Waals surface area contributed by atoms with Crippen molar-refractivity contribution in [1.29, 1.82) is 0 Å². The standard InChI is InChI=1S/C9H7N3O2.ClH/c10-8(13)7-5-14-9(12-7)6-3-1-2-4-11-6;/h1-5H,(H2,10,13);1H. The van der Waals surface area contributed by atoms with Crippen molar-refractivity contribution in [3.63, 3.8) is 0 Å². The van der Waals surface area contributed by atoms with E-state index in [4.69, 9.17) is 10.2 Å². The van der Waals surface area contributed by atoms with Gasteiger partial charge in [-0.15, -0.1) is 12.4 Å². The first kappa shape index (κ1) is 11.2. The molecule has 0 aromatic carbocycles. The first-order valence-corrected chi connectivity index (χ1v) is 3.94. The van der Waals surface area contributed by atoms with Gasteiger partial charge in [0.15, 0.2) is 5.69 Å². The number of oxazole rings is 1. The summed E-state index contributed by atoms with van der Waals surface area (Å²) in [6, 6.07) is 5.31. The van der Waals surface area contributed by atoms with E-state index in [1.807, 2.05) is 0 Å². The predicted molar refractivity (Wildman–Crippen MR) is 55.5 cm³/mol. The number of carbonyl (C=O) groups excluding carboxylic acids is 1. The summed E-state index contributed by atoms with van der Waals surface area (Å²) in [7, 11) is 0. The van der Waals surface area contributed by atoms with Crippen LogP contribution in [0.15, 0.2) is 35.1 Å². The molecule has 0 radical (unpaired) electrons. The van der Waals surface area contributed by atoms with E-state index in [1.165, 1.54) is 6.26 Å². The molecule has 0 aliphatic heterocycles. The lowest BCUT2D eigenvalue weighted by Gasteiger charge is -1.90. The lowest BCUT2D eigenvalue weighted by Crippen LogP contribution is -2.10. The zero-order chi connectivity index (χ0) is 9.97. The normalized spacial score (nSPS) is 9.33. The third-order valence-corrected chi connectivity index (χ3v) is 1.64. The van der Waals surface area contributed by atoms with Crippen molar-refractivity contribution in [1.82, 2.24) is 9.97 Å². The van der Waals surface area contributed by atoms with Gasteiger partial charge in [-0.2, -0.15) is 0 Å². The highest BCUT2D eigenvalue weighted by atomic mass is 35.5. The van der Waals surface area contributed by atoms with Gasteiger partial charge in [0.1, 0.15) is 12.0 Å². The molecular weight excluding hydrogens is 218 g/mol. The van der Waals surface area contributed by atoms with Crippen molar-refractivity contribution < 1.29 is 9.21 Å². The zero-order valence-electron chi connectivity index (χ0n) is 7.58. The van der Waals surface area contributed by atoms with Crippen LogP contribution in [0.5, 0.6) is 0 Å². The largest absolute Gasteiger partial charge is 0.442 e. The molecule has 78 valence electrons. The summed E-state index contributed by atoms with van der Waals surface area (Å²) in [6.45, 7) is 0. The number of hydrogen-bond donors (Lipinski definition) is 1. The van der Waals surface area contributed by atoms with E-state index in [9.17, 15) is 4.79 Å². The average molecular weight is 226 g/mol. The molecule has 2 aromatic rings. The van der Waals surface area contributed by atoms with Crippen LogP contribution < -0.4 is 5.73 Å². The first-order chi connectivity index (χ1) is 6.77. The maximum absolute atomic E-state index is 10.7. The van der Waals surface area contributed by atoms with Crippen LogP contribution in [-0.2, 0) is 0 Å². The van der Waals surface area contributed by atoms with Crippen LogP contribution in [0.25, 0.3) is 11.6 Å². The molecule has 0 atom stereocenters. The number of primary amides is 1. The maximum Gasteiger partial charge on any atom is 0.270 e. The van der Waals surface area contributed by atoms with E-state index in [2.05, 4.69) is 9.97 Å². The minimum absolute atomic E-state index is 0. The molecule has 0 aliphatic rings. The molecule has 2 aromatic heterocycles. The van der Waals surface area contributed by atoms with Crippen LogP contribution >= 0.6 is 12.4 Å². The van der Waals surface area contributed by atoms with Crippen LogP contribution in [0.2, 0.25) is 0 Å². The molecule has 0 unspecified atom stereocenters. The Hall–Kier alpha value is -1.88. The Morgan fingerprint density at radius 3 is 2.73 bits per heavy atom. The highest BCUT2D eigenvalue weighted by Crippen LogP contribution is 2.14. The number of nitrogens with two attached hydrogens (primary N) is 1. The van der Waals surface area contributed by atoms with E-state index in [1.54, 1.807) is 24.4 Å². The van der Waals surface area contributed by atoms with E-state index in [0.717, 1.165) is 0 Å². The summed E-state index contributed by atoms with van der Waals surface area (Å²) in [5, 5.41) is 0. The van der Waals surface area contributed by atoms with Crippen LogP contribution in [0.4, 0.5) is 0 Å². The van der Waals surface area contributed by atoms with Crippen molar-refractivity contribution in [2.24, 2.45) is 5.73 Å². The smallest absolute Gasteiger partial charge is 0.270 e. The topological polar surface area (TPSA) is 82.0 Å². The predicted octanol–water partition coefficient (Wildman–Crippen LogP) is 1.26. The summed E-state index contributed by atoms with van der Waals surface area (Å²) in [6.07, 6.45) is 2.83. The number of amides is 1. The lowest BCUT2D eigenvalue weighted by molar-refractivity contribution is 0.0995. The summed E-state index contributed by atoms with van der Waals surface area (Å²) in [5.41, 5.74) is 5.70. The molecule has 0 bridgehead atoms. The molecule has 5 nitrogen and oxygen atoms in total. The van der Waals surface area contributed by atoms with E-state index >= 15 is 0 Å². The minimum Gasteiger partial charge on any atom is -0.442 e. The Morgan fingerprint density at radius 2 is 2.20 bits per heavy atom. The Bertz CT molecular complexity index is 455. The number of halogens is 1. The second kappa shape index (κ2) is 4.56. The molecule has 0 spiro atoms. The van der Waals surface area contributed by atoms with Gasteiger partial charge in [-0.25, -0.2) is 4.98 Å². The molecule has 15 heavy (non-hydrogen) atoms. The number of nitrogens with zero attached hydrogens (tertiary/aromatic N) is 2. The molecule has 2 heterocycles. The molecule has 0 aliphatic carbocycles. The summed E-state index contributed by atoms with van der Waals surface area (Å²) in [4.78, 5) is 18.6. The second-order valence-electron chi connectivity index (χ2n) is 2.62. The fourth-order valence-corrected chi connectivity index (χ4v) is 0.994. The summed E-state index contributed by atoms with van der Waals surface area (Å²) >= 11 is 0. The molecule has 0 fully saturated rings. The van der Waals surface area contributed by atoms with Crippen LogP contribution in [0.3, 0.4) is 0 Å². The van der Waals surface area contributed by atoms with Crippen molar-refractivity contribution >= 4 is 18.3 Å². The van der Waals surface area contributed by atoms with Gasteiger partial charge in [0, 0.05) is 6.20 Å². The molecule has 2 rings (SSSR count). The Balaban J connectivity index is 0.00000112. The number of aromatic nitrogens is 2. The molecular formula is C9H8ClN3O2. The third-order valence-electron chi connectivity index (χ3n) is 1.64. The maximum atomic E-state index is 10.7. The molecule has 0 saturated heterocycles. The quantitative estimate of drug-likeness (QED) is 0.834. The number of hydrogen-bond acceptors (Lipinski definition) is 4. The zero-order valence-corrected chi connectivity index (χ0v) is 8.40. The summed E-state index contributed by atoms with van der Waals surface area (Å²) in [5.74, 6) is -0.324. The van der Waals surface area contributed by atoms with Crippen molar-refractivity contribution in [3.05, 3.63) is 36.4 Å². The van der Waals surface area contributed by atoms with Crippen molar-refractivity contribution in [2.45, 2.75) is 0 Å². The Kier molecular flexibility index (Phi) is 3.41. The highest BCUT2D eigenvalue weighted by Gasteiger charge is 2.10. The minimum atomic E-state index is -0.615. The first-order valence-electron chi connectivity index (χ1n) is 3.94. The summed E-state index contributed by atoms with van der Waals surface area (Å²) < 4.78 is 5.04. The van der Waals surface area contributed by atoms with E-state index in [0.29, 0.717) is 11.6 Å². The van der Waals surface area contributed by atoms with Gasteiger partial charge in [0.25, 0.3) is 5.91 Å². The van der Waals surface area contributed by atoms with Gasteiger partial charge in [-0.1, -0.05) is 6.07 Å². The monoisotopic (exact) mass is 225 g/mol. The van der Waals surface area contributed by atoms with Crippen LogP contribution in [0, 0.1) is 0 Å². The van der Waals surface area contributed by atoms with Gasteiger partial charge in [0.2, 0.25) is 5.89 Å². The molecule has 1 amide bonds. The van der Waals surface area contributed by atoms with Crippen molar-refractivity contribution in [3.8, 4) is 11.6 Å². The second-order valence-corrected chi connectivity index (χ2v) is 2.62. The van der Waals surface area contributed by atoms with Gasteiger partial charge in [-0.3, -0.25) is 9.78 Å². The fraction of sp³-hybridized carbons (Fsp3) is 0. The fourth-order valence-electron chi connectivity index (χ4n) is 0.994. The van der Waals surface area contributed by atoms with Crippen LogP contribution in [0.1, 0.15) is 10.5 Å². The number of rotatable bonds is 2. The SMILES string of the molecule is Cl.NC(=O)c1coc(-c2ccccn2)n1. The van der Waals surface area contributed by atoms with Gasteiger partial charge in [-0.05, 0) is 12.1 Å². The Labute approximate surface area is 91.7 Å². The third kappa shape index (κ3) is 2.32. The van der Waals surface area contributed by atoms with Gasteiger partial charge in [0.05, 0.1) is 0 Å². The molecule has 0 saturated carbocycles. The Morgan fingerprint density at radius 1 is 1.40 bits per heavy atom. The molecule has 2 N–H and O–H groups in total. The van der Waals surface area contributed by atoms with Crippen LogP contribution in [-0.4, -0.2) is 15.9 Å². The van der Waals surface area contributed by atoms with E-state index in [-0.39, 0.29) is 18.1 Å². The molecule has 6 heteroatoms. The lowest BCUT2D eigenvalue weighted by atomic mass is 10.3.